The van der Waals surface area contributed by atoms with E-state index in [1.165, 1.54) is 43.4 Å². The first-order valence-electron chi connectivity index (χ1n) is 7.88. The van der Waals surface area contributed by atoms with Gasteiger partial charge in [0.05, 0.1) is 4.90 Å². The molecule has 8 nitrogen and oxygen atoms in total. The molecule has 0 saturated carbocycles. The second kappa shape index (κ2) is 7.95. The van der Waals surface area contributed by atoms with E-state index in [2.05, 4.69) is 15.4 Å². The van der Waals surface area contributed by atoms with E-state index in [4.69, 9.17) is 16.3 Å². The molecule has 0 bridgehead atoms. The molecular weight excluding hydrogens is 411 g/mol. The van der Waals surface area contributed by atoms with Crippen LogP contribution in [-0.4, -0.2) is 36.3 Å². The van der Waals surface area contributed by atoms with Gasteiger partial charge in [0, 0.05) is 19.3 Å². The van der Waals surface area contributed by atoms with Crippen molar-refractivity contribution >= 4 is 27.5 Å². The van der Waals surface area contributed by atoms with E-state index in [0.29, 0.717) is 0 Å². The number of rotatable bonds is 5. The maximum absolute atomic E-state index is 14.3. The smallest absolute Gasteiger partial charge is 0.407 e. The quantitative estimate of drug-likeness (QED) is 0.632. The minimum Gasteiger partial charge on any atom is -0.443 e. The van der Waals surface area contributed by atoms with Crippen molar-refractivity contribution in [2.24, 2.45) is 0 Å². The second-order valence-corrected chi connectivity index (χ2v) is 7.77. The normalized spacial score (nSPS) is 11.2. The highest BCUT2D eigenvalue weighted by molar-refractivity contribution is 7.91. The van der Waals surface area contributed by atoms with Gasteiger partial charge in [-0.15, -0.1) is 0 Å². The van der Waals surface area contributed by atoms with Crippen LogP contribution in [-0.2, 0) is 21.2 Å². The number of sulfone groups is 1. The molecule has 0 fully saturated rings. The van der Waals surface area contributed by atoms with E-state index in [1.54, 1.807) is 6.07 Å². The van der Waals surface area contributed by atoms with Gasteiger partial charge in [-0.3, -0.25) is 0 Å². The lowest BCUT2D eigenvalue weighted by Gasteiger charge is -2.09. The van der Waals surface area contributed by atoms with Crippen LogP contribution in [0.3, 0.4) is 0 Å². The van der Waals surface area contributed by atoms with Crippen molar-refractivity contribution in [3.8, 4) is 5.69 Å². The number of carbonyl (C=O) groups excluding carboxylic acids is 1. The van der Waals surface area contributed by atoms with Gasteiger partial charge in [-0.05, 0) is 24.3 Å². The SMILES string of the molecule is CNC(=O)OCc1cc(S(=O)(=O)c2ccc(Cl)nc2)n(-c2ccccc2F)n1. The number of hydrogen-bond acceptors (Lipinski definition) is 6. The summed E-state index contributed by atoms with van der Waals surface area (Å²) in [5.74, 6) is -0.671. The lowest BCUT2D eigenvalue weighted by Crippen LogP contribution is -2.19. The fourth-order valence-electron chi connectivity index (χ4n) is 2.32. The van der Waals surface area contributed by atoms with Gasteiger partial charge in [0.1, 0.15) is 29.0 Å². The summed E-state index contributed by atoms with van der Waals surface area (Å²) in [5, 5.41) is 6.18. The van der Waals surface area contributed by atoms with Crippen LogP contribution in [0.2, 0.25) is 5.15 Å². The molecule has 0 atom stereocenters. The maximum atomic E-state index is 14.3. The van der Waals surface area contributed by atoms with Crippen LogP contribution in [0.1, 0.15) is 5.69 Å². The number of halogens is 2. The maximum Gasteiger partial charge on any atom is 0.407 e. The zero-order valence-electron chi connectivity index (χ0n) is 14.5. The standard InChI is InChI=1S/C17H14ClFN4O4S/c1-20-17(24)27-10-11-8-16(23(22-11)14-5-3-2-4-13(14)19)28(25,26)12-6-7-15(18)21-9-12/h2-9H,10H2,1H3,(H,20,24). The first-order valence-corrected chi connectivity index (χ1v) is 9.74. The van der Waals surface area contributed by atoms with E-state index in [-0.39, 0.29) is 33.1 Å². The Kier molecular flexibility index (Phi) is 5.61. The number of aromatic nitrogens is 3. The van der Waals surface area contributed by atoms with E-state index in [9.17, 15) is 17.6 Å². The fourth-order valence-corrected chi connectivity index (χ4v) is 3.77. The minimum absolute atomic E-state index is 0.0748. The zero-order chi connectivity index (χ0) is 20.3. The van der Waals surface area contributed by atoms with Gasteiger partial charge in [-0.2, -0.15) is 5.10 Å². The molecule has 1 amide bonds. The van der Waals surface area contributed by atoms with Crippen molar-refractivity contribution in [3.63, 3.8) is 0 Å². The zero-order valence-corrected chi connectivity index (χ0v) is 16.0. The molecule has 146 valence electrons. The molecule has 0 unspecified atom stereocenters. The van der Waals surface area contributed by atoms with Crippen molar-refractivity contribution in [3.05, 3.63) is 65.3 Å². The number of nitrogens with zero attached hydrogens (tertiary/aromatic N) is 3. The van der Waals surface area contributed by atoms with E-state index >= 15 is 0 Å². The van der Waals surface area contributed by atoms with Crippen LogP contribution in [0, 0.1) is 5.82 Å². The number of pyridine rings is 1. The largest absolute Gasteiger partial charge is 0.443 e. The Morgan fingerprint density at radius 1 is 1.29 bits per heavy atom. The van der Waals surface area contributed by atoms with Gasteiger partial charge in [0.2, 0.25) is 9.84 Å². The molecule has 11 heteroatoms. The average molecular weight is 425 g/mol. The Morgan fingerprint density at radius 2 is 2.04 bits per heavy atom. The third-order valence-electron chi connectivity index (χ3n) is 3.65. The topological polar surface area (TPSA) is 103 Å². The summed E-state index contributed by atoms with van der Waals surface area (Å²) < 4.78 is 46.3. The molecule has 1 N–H and O–H groups in total. The van der Waals surface area contributed by atoms with Crippen molar-refractivity contribution in [2.45, 2.75) is 16.5 Å². The highest BCUT2D eigenvalue weighted by Crippen LogP contribution is 2.26. The third-order valence-corrected chi connectivity index (χ3v) is 5.58. The highest BCUT2D eigenvalue weighted by atomic mass is 35.5. The molecule has 0 spiro atoms. The molecular formula is C17H14ClFN4O4S. The Morgan fingerprint density at radius 3 is 2.68 bits per heavy atom. The Labute approximate surface area is 164 Å². The number of nitrogens with one attached hydrogen (secondary N) is 1. The Hall–Kier alpha value is -2.98. The van der Waals surface area contributed by atoms with E-state index in [1.807, 2.05) is 0 Å². The molecule has 2 heterocycles. The van der Waals surface area contributed by atoms with Crippen molar-refractivity contribution in [1.29, 1.82) is 0 Å². The van der Waals surface area contributed by atoms with Crippen molar-refractivity contribution in [1.82, 2.24) is 20.1 Å². The first-order chi connectivity index (χ1) is 13.3. The average Bonchev–Trinajstić information content (AvgIpc) is 3.11. The van der Waals surface area contributed by atoms with Gasteiger partial charge in [-0.1, -0.05) is 23.7 Å². The van der Waals surface area contributed by atoms with Gasteiger partial charge in [0.15, 0.2) is 5.03 Å². The van der Waals surface area contributed by atoms with Crippen LogP contribution < -0.4 is 5.32 Å². The predicted molar refractivity (Wildman–Crippen MR) is 97.5 cm³/mol. The number of carbonyl (C=O) groups is 1. The van der Waals surface area contributed by atoms with Crippen LogP contribution in [0.15, 0.2) is 58.6 Å². The Bertz CT molecular complexity index is 1120. The van der Waals surface area contributed by atoms with E-state index in [0.717, 1.165) is 10.9 Å². The Balaban J connectivity index is 2.12. The third kappa shape index (κ3) is 3.97. The first kappa shape index (κ1) is 19.8. The number of ether oxygens (including phenoxy) is 1. The molecule has 0 aliphatic carbocycles. The number of hydrogen-bond donors (Lipinski definition) is 1. The summed E-state index contributed by atoms with van der Waals surface area (Å²) in [6.07, 6.45) is 0.378. The molecule has 0 radical (unpaired) electrons. The second-order valence-electron chi connectivity index (χ2n) is 5.48. The fraction of sp³-hybridized carbons (Fsp3) is 0.118. The lowest BCUT2D eigenvalue weighted by atomic mass is 10.3. The highest BCUT2D eigenvalue weighted by Gasteiger charge is 2.26. The summed E-state index contributed by atoms with van der Waals surface area (Å²) in [7, 11) is -2.74. The van der Waals surface area contributed by atoms with Gasteiger partial charge >= 0.3 is 6.09 Å². The molecule has 3 aromatic rings. The molecule has 0 aliphatic heterocycles. The molecule has 0 aliphatic rings. The van der Waals surface area contributed by atoms with Crippen LogP contribution >= 0.6 is 11.6 Å². The molecule has 28 heavy (non-hydrogen) atoms. The number of benzene rings is 1. The molecule has 2 aromatic heterocycles. The summed E-state index contributed by atoms with van der Waals surface area (Å²) in [6.45, 7) is -0.303. The minimum atomic E-state index is -4.12. The van der Waals surface area contributed by atoms with Gasteiger partial charge < -0.3 is 10.1 Å². The summed E-state index contributed by atoms with van der Waals surface area (Å²) in [6, 6.07) is 9.39. The number of alkyl carbamates (subject to hydrolysis) is 1. The summed E-state index contributed by atoms with van der Waals surface area (Å²) >= 11 is 5.72. The van der Waals surface area contributed by atoms with Gasteiger partial charge in [0.25, 0.3) is 0 Å². The number of para-hydroxylation sites is 1. The van der Waals surface area contributed by atoms with Crippen molar-refractivity contribution < 1.29 is 22.3 Å². The molecule has 0 saturated heterocycles. The van der Waals surface area contributed by atoms with Crippen molar-refractivity contribution in [2.75, 3.05) is 7.05 Å². The lowest BCUT2D eigenvalue weighted by molar-refractivity contribution is 0.140. The summed E-state index contributed by atoms with van der Waals surface area (Å²) in [5.41, 5.74) is 0.0431. The van der Waals surface area contributed by atoms with E-state index < -0.39 is 21.7 Å². The summed E-state index contributed by atoms with van der Waals surface area (Å²) in [4.78, 5) is 14.9. The van der Waals surface area contributed by atoms with Gasteiger partial charge in [-0.25, -0.2) is 27.3 Å². The van der Waals surface area contributed by atoms with Crippen LogP contribution in [0.5, 0.6) is 0 Å². The predicted octanol–water partition coefficient (Wildman–Crippen LogP) is 2.75. The molecule has 1 aromatic carbocycles. The van der Waals surface area contributed by atoms with Crippen LogP contribution in [0.4, 0.5) is 9.18 Å². The molecule has 3 rings (SSSR count). The monoisotopic (exact) mass is 424 g/mol. The van der Waals surface area contributed by atoms with Crippen LogP contribution in [0.25, 0.3) is 5.69 Å². The number of amides is 1.